The molecule has 3 nitrogen and oxygen atoms in total. The van der Waals surface area contributed by atoms with Gasteiger partial charge in [-0.05, 0) is 55.9 Å². The number of piperidine rings is 1. The molecular formula is C18H26N2O. The molecule has 2 aliphatic rings. The normalized spacial score (nSPS) is 25.3. The highest BCUT2D eigenvalue weighted by Gasteiger charge is 2.33. The summed E-state index contributed by atoms with van der Waals surface area (Å²) in [4.78, 5) is 14.7. The number of nitrogens with zero attached hydrogens (tertiary/aromatic N) is 1. The van der Waals surface area contributed by atoms with Crippen molar-refractivity contribution in [1.82, 2.24) is 4.90 Å². The molecule has 114 valence electrons. The Kier molecular flexibility index (Phi) is 4.47. The Morgan fingerprint density at radius 1 is 1.14 bits per heavy atom. The third-order valence-corrected chi connectivity index (χ3v) is 5.09. The van der Waals surface area contributed by atoms with Gasteiger partial charge in [-0.3, -0.25) is 4.79 Å². The average molecular weight is 286 g/mol. The van der Waals surface area contributed by atoms with E-state index in [-0.39, 0.29) is 5.91 Å². The molecule has 3 heteroatoms. The van der Waals surface area contributed by atoms with E-state index >= 15 is 0 Å². The van der Waals surface area contributed by atoms with E-state index in [2.05, 4.69) is 17.1 Å². The van der Waals surface area contributed by atoms with Gasteiger partial charge in [0.05, 0.1) is 0 Å². The first-order valence-electron chi connectivity index (χ1n) is 8.41. The largest absolute Gasteiger partial charge is 0.385 e. The molecule has 21 heavy (non-hydrogen) atoms. The Balaban J connectivity index is 1.64. The van der Waals surface area contributed by atoms with Crippen LogP contribution in [0, 0.1) is 11.8 Å². The molecule has 1 amide bonds. The van der Waals surface area contributed by atoms with Crippen LogP contribution in [0.4, 0.5) is 5.69 Å². The Morgan fingerprint density at radius 3 is 2.57 bits per heavy atom. The van der Waals surface area contributed by atoms with Gasteiger partial charge in [-0.15, -0.1) is 0 Å². The Bertz CT molecular complexity index is 482. The van der Waals surface area contributed by atoms with Crippen molar-refractivity contribution in [3.8, 4) is 0 Å². The summed E-state index contributed by atoms with van der Waals surface area (Å²) in [6.45, 7) is 4.89. The van der Waals surface area contributed by atoms with Crippen molar-refractivity contribution in [3.63, 3.8) is 0 Å². The van der Waals surface area contributed by atoms with Crippen molar-refractivity contribution >= 4 is 11.6 Å². The molecule has 2 unspecified atom stereocenters. The van der Waals surface area contributed by atoms with Crippen LogP contribution in [0.3, 0.4) is 0 Å². The van der Waals surface area contributed by atoms with Crippen LogP contribution in [0.5, 0.6) is 0 Å². The van der Waals surface area contributed by atoms with Crippen LogP contribution in [0.25, 0.3) is 0 Å². The molecule has 1 saturated carbocycles. The molecule has 1 aromatic carbocycles. The summed E-state index contributed by atoms with van der Waals surface area (Å²) in [6, 6.07) is 7.91. The number of benzene rings is 1. The summed E-state index contributed by atoms with van der Waals surface area (Å²) in [5.74, 6) is 1.83. The summed E-state index contributed by atoms with van der Waals surface area (Å²) in [6.07, 6.45) is 6.63. The van der Waals surface area contributed by atoms with Crippen molar-refractivity contribution in [2.75, 3.05) is 25.0 Å². The number of nitrogens with one attached hydrogen (secondary N) is 1. The highest BCUT2D eigenvalue weighted by molar-refractivity contribution is 5.94. The monoisotopic (exact) mass is 286 g/mol. The topological polar surface area (TPSA) is 32.3 Å². The second-order valence-corrected chi connectivity index (χ2v) is 6.45. The molecule has 1 N–H and O–H groups in total. The zero-order valence-corrected chi connectivity index (χ0v) is 13.0. The zero-order valence-electron chi connectivity index (χ0n) is 13.0. The fraction of sp³-hybridized carbons (Fsp3) is 0.611. The molecule has 2 fully saturated rings. The number of anilines is 1. The van der Waals surface area contributed by atoms with Crippen LogP contribution in [0.2, 0.25) is 0 Å². The lowest BCUT2D eigenvalue weighted by Crippen LogP contribution is -2.44. The van der Waals surface area contributed by atoms with Gasteiger partial charge in [0.25, 0.3) is 5.91 Å². The molecule has 0 spiro atoms. The molecule has 1 heterocycles. The molecule has 1 aromatic rings. The molecule has 3 rings (SSSR count). The van der Waals surface area contributed by atoms with Gasteiger partial charge in [0, 0.05) is 30.9 Å². The van der Waals surface area contributed by atoms with E-state index in [9.17, 15) is 4.79 Å². The lowest BCUT2D eigenvalue weighted by Gasteiger charge is -2.41. The first kappa shape index (κ1) is 14.4. The fourth-order valence-electron chi connectivity index (χ4n) is 3.90. The van der Waals surface area contributed by atoms with Gasteiger partial charge in [-0.2, -0.15) is 0 Å². The fourth-order valence-corrected chi connectivity index (χ4v) is 3.90. The Labute approximate surface area is 127 Å². The van der Waals surface area contributed by atoms with Crippen LogP contribution in [-0.2, 0) is 0 Å². The number of likely N-dealkylation sites (tertiary alicyclic amines) is 1. The zero-order chi connectivity index (χ0) is 14.7. The Hall–Kier alpha value is -1.51. The van der Waals surface area contributed by atoms with Crippen LogP contribution in [0.15, 0.2) is 24.3 Å². The quantitative estimate of drug-likeness (QED) is 0.917. The van der Waals surface area contributed by atoms with E-state index in [1.165, 1.54) is 32.1 Å². The second kappa shape index (κ2) is 6.50. The summed E-state index contributed by atoms with van der Waals surface area (Å²) >= 11 is 0. The van der Waals surface area contributed by atoms with Gasteiger partial charge in [0.15, 0.2) is 0 Å². The number of amides is 1. The van der Waals surface area contributed by atoms with E-state index in [1.54, 1.807) is 0 Å². The third-order valence-electron chi connectivity index (χ3n) is 5.09. The van der Waals surface area contributed by atoms with Crippen molar-refractivity contribution in [2.24, 2.45) is 11.8 Å². The summed E-state index contributed by atoms with van der Waals surface area (Å²) in [7, 11) is 0. The molecule has 1 saturated heterocycles. The minimum atomic E-state index is 0.210. The van der Waals surface area contributed by atoms with E-state index in [0.717, 1.165) is 42.7 Å². The predicted octanol–water partition coefficient (Wildman–Crippen LogP) is 3.77. The SMILES string of the molecule is CCNc1ccc(C(=O)N2CCC3CCCCC3C2)cc1. The summed E-state index contributed by atoms with van der Waals surface area (Å²) in [5.41, 5.74) is 1.91. The van der Waals surface area contributed by atoms with E-state index in [0.29, 0.717) is 0 Å². The molecule has 1 aliphatic carbocycles. The minimum absolute atomic E-state index is 0.210. The van der Waals surface area contributed by atoms with Gasteiger partial charge >= 0.3 is 0 Å². The van der Waals surface area contributed by atoms with Crippen molar-refractivity contribution in [3.05, 3.63) is 29.8 Å². The maximum atomic E-state index is 12.6. The van der Waals surface area contributed by atoms with Gasteiger partial charge < -0.3 is 10.2 Å². The first-order valence-corrected chi connectivity index (χ1v) is 8.41. The van der Waals surface area contributed by atoms with Crippen LogP contribution in [-0.4, -0.2) is 30.4 Å². The van der Waals surface area contributed by atoms with E-state index in [4.69, 9.17) is 0 Å². The first-order chi connectivity index (χ1) is 10.3. The van der Waals surface area contributed by atoms with Gasteiger partial charge in [0.2, 0.25) is 0 Å². The lowest BCUT2D eigenvalue weighted by atomic mass is 9.75. The van der Waals surface area contributed by atoms with Crippen molar-refractivity contribution < 1.29 is 4.79 Å². The third kappa shape index (κ3) is 3.22. The maximum Gasteiger partial charge on any atom is 0.253 e. The van der Waals surface area contributed by atoms with Crippen molar-refractivity contribution in [1.29, 1.82) is 0 Å². The van der Waals surface area contributed by atoms with Gasteiger partial charge in [0.1, 0.15) is 0 Å². The molecule has 0 aromatic heterocycles. The van der Waals surface area contributed by atoms with Crippen molar-refractivity contribution in [2.45, 2.75) is 39.0 Å². The van der Waals surface area contributed by atoms with E-state index in [1.807, 2.05) is 24.3 Å². The molecule has 1 aliphatic heterocycles. The molecular weight excluding hydrogens is 260 g/mol. The van der Waals surface area contributed by atoms with Gasteiger partial charge in [-0.25, -0.2) is 0 Å². The number of fused-ring (bicyclic) bond motifs is 1. The summed E-state index contributed by atoms with van der Waals surface area (Å²) < 4.78 is 0. The second-order valence-electron chi connectivity index (χ2n) is 6.45. The van der Waals surface area contributed by atoms with Crippen LogP contribution < -0.4 is 5.32 Å². The number of hydrogen-bond acceptors (Lipinski definition) is 2. The lowest BCUT2D eigenvalue weighted by molar-refractivity contribution is 0.0521. The molecule has 0 radical (unpaired) electrons. The summed E-state index contributed by atoms with van der Waals surface area (Å²) in [5, 5.41) is 3.27. The standard InChI is InChI=1S/C18H26N2O/c1-2-19-17-9-7-15(8-10-17)18(21)20-12-11-14-5-3-4-6-16(14)13-20/h7-10,14,16,19H,2-6,11-13H2,1H3. The number of hydrogen-bond donors (Lipinski definition) is 1. The maximum absolute atomic E-state index is 12.6. The van der Waals surface area contributed by atoms with Crippen LogP contribution in [0.1, 0.15) is 49.4 Å². The Morgan fingerprint density at radius 2 is 1.86 bits per heavy atom. The van der Waals surface area contributed by atoms with Crippen LogP contribution >= 0.6 is 0 Å². The smallest absolute Gasteiger partial charge is 0.253 e. The minimum Gasteiger partial charge on any atom is -0.385 e. The molecule has 2 atom stereocenters. The highest BCUT2D eigenvalue weighted by atomic mass is 16.2. The number of rotatable bonds is 3. The number of carbonyl (C=O) groups excluding carboxylic acids is 1. The predicted molar refractivity (Wildman–Crippen MR) is 86.6 cm³/mol. The van der Waals surface area contributed by atoms with E-state index < -0.39 is 0 Å². The average Bonchev–Trinajstić information content (AvgIpc) is 2.55. The highest BCUT2D eigenvalue weighted by Crippen LogP contribution is 2.36. The molecule has 0 bridgehead atoms. The number of carbonyl (C=O) groups is 1. The van der Waals surface area contributed by atoms with Gasteiger partial charge in [-0.1, -0.05) is 19.3 Å².